The Hall–Kier alpha value is -12.1. The SMILES string of the molecule is CCc1c(CO)cccc1Nc1c(C(N)=O)cnc2cc(OC)c(OCCCNC3CC3)cc12.CCc1c(CO)cccc1Nc1c(C(N)=O)cnc2cc(OCCCNC3CC3)c(OC)cc12.COc1cc2c(Nc3cccc(CO)c3C)c(C(N)=O)cnc2cc1OCCCN(C)CCC#N.O=C(O)C(F)(F)F.O=C(O)C(F)(F)F. The fourth-order valence-electron chi connectivity index (χ4n) is 12.0. The molecule has 16 N–H and O–H groups in total. The number of carboxylic acid groups (broad SMARTS) is 2. The largest absolute Gasteiger partial charge is 0.493 e. The quantitative estimate of drug-likeness (QED) is 0.0128. The number of benzene rings is 6. The molecule has 35 heteroatoms. The zero-order valence-corrected chi connectivity index (χ0v) is 65.7. The first-order chi connectivity index (χ1) is 55.9. The number of aliphatic hydroxyl groups is 3. The maximum absolute atomic E-state index is 12.3. The van der Waals surface area contributed by atoms with Crippen molar-refractivity contribution in [3.05, 3.63) is 160 Å². The van der Waals surface area contributed by atoms with Crippen molar-refractivity contribution in [1.29, 1.82) is 5.26 Å². The Labute approximate surface area is 670 Å². The predicted molar refractivity (Wildman–Crippen MR) is 428 cm³/mol. The van der Waals surface area contributed by atoms with Crippen LogP contribution in [-0.2, 0) is 42.3 Å². The molecule has 0 unspecified atom stereocenters. The van der Waals surface area contributed by atoms with Crippen LogP contribution in [0, 0.1) is 18.3 Å². The number of carbonyl (C=O) groups excluding carboxylic acids is 3. The number of pyridine rings is 3. The van der Waals surface area contributed by atoms with Crippen LogP contribution in [0.4, 0.5) is 60.5 Å². The number of anilines is 6. The monoisotopic (exact) mass is 1630 g/mol. The average Bonchev–Trinajstić information content (AvgIpc) is 1.52. The molecule has 3 aromatic heterocycles. The highest BCUT2D eigenvalue weighted by Gasteiger charge is 2.39. The van der Waals surface area contributed by atoms with Gasteiger partial charge in [-0.3, -0.25) is 29.3 Å². The number of hydrogen-bond donors (Lipinski definition) is 13. The highest BCUT2D eigenvalue weighted by molar-refractivity contribution is 6.10. The second kappa shape index (κ2) is 44.1. The number of hydrogen-bond acceptors (Lipinski definition) is 24. The number of carboxylic acids is 2. The lowest BCUT2D eigenvalue weighted by molar-refractivity contribution is -0.193. The van der Waals surface area contributed by atoms with E-state index in [2.05, 4.69) is 52.5 Å². The molecule has 2 saturated carbocycles. The number of primary amides is 3. The van der Waals surface area contributed by atoms with Gasteiger partial charge in [-0.15, -0.1) is 0 Å². The molecule has 2 fully saturated rings. The summed E-state index contributed by atoms with van der Waals surface area (Å²) in [6.45, 7) is 10.6. The summed E-state index contributed by atoms with van der Waals surface area (Å²) in [6.07, 6.45) is 3.72. The van der Waals surface area contributed by atoms with E-state index in [1.807, 2.05) is 101 Å². The molecule has 3 amide bonds. The standard InChI is InChI=1S/C26H31N5O4.2C26H32N4O4.2C2HF3O2/c1-17-18(16-32)7-4-8-21(17)30-25-19-13-23(34-3)24(14-22(19)29-15-20(25)26(28)33)35-12-6-11-31(2)10-5-9-27;1-3-18-16(15-31)6-4-7-21(18)30-25-19-12-24(34-11-5-10-28-17-8-9-17)23(33-2)13-22(19)29-14-20(25)26(27)32;1-3-18-16(15-31)6-4-7-21(18)30-25-19-12-23(33-2)24(34-11-5-10-28-17-8-9-17)13-22(19)29-14-20(25)26(27)32;2*3-2(4,5)1(6)7/h4,7-8,13-15,32H,5-6,10-12,16H2,1-3H3,(H2,28,33)(H,29,30);2*4,6-7,12-14,17,28,31H,3,5,8-11,15H2,1-2H3,(H2,27,32)(H,29,30);2*(H,6,7). The normalized spacial score (nSPS) is 12.2. The molecule has 0 aliphatic heterocycles. The second-order valence-corrected chi connectivity index (χ2v) is 26.7. The highest BCUT2D eigenvalue weighted by Crippen LogP contribution is 2.42. The van der Waals surface area contributed by atoms with Crippen molar-refractivity contribution in [2.24, 2.45) is 17.2 Å². The zero-order chi connectivity index (χ0) is 85.7. The van der Waals surface area contributed by atoms with Gasteiger partial charge in [-0.25, -0.2) is 9.59 Å². The highest BCUT2D eigenvalue weighted by atomic mass is 19.4. The maximum atomic E-state index is 12.3. The number of nitriles is 1. The van der Waals surface area contributed by atoms with E-state index in [9.17, 15) is 56.0 Å². The Bertz CT molecular complexity index is 4940. The minimum atomic E-state index is -5.08. The fraction of sp³-hybridized carbons (Fsp3) is 0.378. The van der Waals surface area contributed by atoms with Crippen LogP contribution in [0.3, 0.4) is 0 Å². The molecule has 0 bridgehead atoms. The summed E-state index contributed by atoms with van der Waals surface area (Å²) in [4.78, 5) is 70.0. The maximum Gasteiger partial charge on any atom is 0.490 e. The first-order valence-corrected chi connectivity index (χ1v) is 37.2. The molecule has 0 atom stereocenters. The molecule has 2 aliphatic rings. The van der Waals surface area contributed by atoms with Crippen molar-refractivity contribution in [2.75, 3.05) is 90.3 Å². The number of alkyl halides is 6. The lowest BCUT2D eigenvalue weighted by atomic mass is 10.0. The Balaban J connectivity index is 0.000000223. The van der Waals surface area contributed by atoms with E-state index in [1.54, 1.807) is 39.5 Å². The van der Waals surface area contributed by atoms with Crippen molar-refractivity contribution in [3.8, 4) is 40.6 Å². The number of fused-ring (bicyclic) bond motifs is 3. The first-order valence-electron chi connectivity index (χ1n) is 37.2. The molecule has 2 aliphatic carbocycles. The molecular formula is C82H97F6N13O16. The number of nitrogens with two attached hydrogens (primary N) is 3. The van der Waals surface area contributed by atoms with Gasteiger partial charge in [0.2, 0.25) is 0 Å². The van der Waals surface area contributed by atoms with Gasteiger partial charge in [0.1, 0.15) is 0 Å². The van der Waals surface area contributed by atoms with Gasteiger partial charge in [-0.05, 0) is 155 Å². The first kappa shape index (κ1) is 92.1. The summed E-state index contributed by atoms with van der Waals surface area (Å²) < 4.78 is 98.2. The lowest BCUT2D eigenvalue weighted by Gasteiger charge is -2.19. The van der Waals surface area contributed by atoms with Gasteiger partial charge in [0.25, 0.3) is 17.7 Å². The number of amides is 3. The Morgan fingerprint density at radius 1 is 0.513 bits per heavy atom. The van der Waals surface area contributed by atoms with E-state index in [1.165, 1.54) is 44.3 Å². The van der Waals surface area contributed by atoms with Gasteiger partial charge >= 0.3 is 24.3 Å². The van der Waals surface area contributed by atoms with Gasteiger partial charge in [0.15, 0.2) is 34.5 Å². The summed E-state index contributed by atoms with van der Waals surface area (Å²) in [5, 5.41) is 71.1. The summed E-state index contributed by atoms with van der Waals surface area (Å²) in [5.41, 5.74) is 28.9. The third-order valence-electron chi connectivity index (χ3n) is 18.5. The van der Waals surface area contributed by atoms with Gasteiger partial charge in [-0.1, -0.05) is 50.2 Å². The van der Waals surface area contributed by atoms with Gasteiger partial charge in [0, 0.05) is 102 Å². The van der Waals surface area contributed by atoms with Crippen LogP contribution >= 0.6 is 0 Å². The van der Waals surface area contributed by atoms with E-state index in [-0.39, 0.29) is 36.5 Å². The van der Waals surface area contributed by atoms with Crippen molar-refractivity contribution < 1.29 is 104 Å². The molecule has 0 spiro atoms. The summed E-state index contributed by atoms with van der Waals surface area (Å²) in [7, 11) is 6.70. The molecular weight excluding hydrogens is 1540 g/mol. The molecule has 0 radical (unpaired) electrons. The third-order valence-corrected chi connectivity index (χ3v) is 18.5. The average molecular weight is 1630 g/mol. The van der Waals surface area contributed by atoms with Gasteiger partial charge < -0.3 is 103 Å². The molecule has 117 heavy (non-hydrogen) atoms. The van der Waals surface area contributed by atoms with Crippen molar-refractivity contribution in [2.45, 2.75) is 129 Å². The minimum absolute atomic E-state index is 0.0662. The van der Waals surface area contributed by atoms with E-state index >= 15 is 0 Å². The summed E-state index contributed by atoms with van der Waals surface area (Å²) in [6, 6.07) is 31.2. The summed E-state index contributed by atoms with van der Waals surface area (Å²) in [5.74, 6) is -3.95. The van der Waals surface area contributed by atoms with Crippen molar-refractivity contribution >= 4 is 96.5 Å². The molecule has 3 heterocycles. The number of nitrogens with one attached hydrogen (secondary N) is 5. The Kier molecular flexibility index (Phi) is 34.8. The van der Waals surface area contributed by atoms with Crippen molar-refractivity contribution in [1.82, 2.24) is 30.5 Å². The molecule has 6 aromatic carbocycles. The smallest absolute Gasteiger partial charge is 0.490 e. The Morgan fingerprint density at radius 2 is 0.838 bits per heavy atom. The zero-order valence-electron chi connectivity index (χ0n) is 65.7. The van der Waals surface area contributed by atoms with Crippen LogP contribution in [0.1, 0.15) is 130 Å². The number of methoxy groups -OCH3 is 3. The fourth-order valence-corrected chi connectivity index (χ4v) is 12.0. The van der Waals surface area contributed by atoms with Crippen LogP contribution in [0.5, 0.6) is 34.5 Å². The number of ether oxygens (including phenoxy) is 6. The van der Waals surface area contributed by atoms with Crippen LogP contribution in [0.2, 0.25) is 0 Å². The number of aliphatic carboxylic acids is 2. The molecule has 29 nitrogen and oxygen atoms in total. The number of rotatable bonds is 36. The van der Waals surface area contributed by atoms with Crippen LogP contribution < -0.4 is 72.2 Å². The second-order valence-electron chi connectivity index (χ2n) is 26.7. The minimum Gasteiger partial charge on any atom is -0.493 e. The van der Waals surface area contributed by atoms with E-state index < -0.39 is 42.0 Å². The van der Waals surface area contributed by atoms with Crippen LogP contribution in [0.15, 0.2) is 110 Å². The molecule has 0 saturated heterocycles. The van der Waals surface area contributed by atoms with Crippen LogP contribution in [0.25, 0.3) is 32.7 Å². The number of aromatic nitrogens is 3. The summed E-state index contributed by atoms with van der Waals surface area (Å²) >= 11 is 0. The third kappa shape index (κ3) is 26.5. The lowest BCUT2D eigenvalue weighted by Crippen LogP contribution is -2.22. The molecule has 11 rings (SSSR count). The number of halogens is 6. The van der Waals surface area contributed by atoms with E-state index in [0.29, 0.717) is 135 Å². The van der Waals surface area contributed by atoms with Gasteiger partial charge in [0.05, 0.1) is 117 Å². The molecule has 628 valence electrons. The molecule has 9 aromatic rings. The van der Waals surface area contributed by atoms with Crippen LogP contribution in [-0.4, -0.2) is 174 Å². The number of nitrogens with zero attached hydrogens (tertiary/aromatic N) is 5. The number of carbonyl (C=O) groups is 5. The van der Waals surface area contributed by atoms with E-state index in [4.69, 9.17) is 70.7 Å². The topological polar surface area (TPSA) is 446 Å². The van der Waals surface area contributed by atoms with E-state index in [0.717, 1.165) is 95.9 Å². The Morgan fingerprint density at radius 3 is 1.17 bits per heavy atom. The number of aliphatic hydroxyl groups excluding tert-OH is 3. The van der Waals surface area contributed by atoms with Crippen molar-refractivity contribution in [3.63, 3.8) is 0 Å². The van der Waals surface area contributed by atoms with Gasteiger partial charge in [-0.2, -0.15) is 31.6 Å². The predicted octanol–water partition coefficient (Wildman–Crippen LogP) is 12.1.